The minimum Gasteiger partial charge on any atom is -0.376 e. The second-order valence-corrected chi connectivity index (χ2v) is 13.8. The van der Waals surface area contributed by atoms with Gasteiger partial charge in [-0.15, -0.1) is 0 Å². The van der Waals surface area contributed by atoms with Crippen LogP contribution in [0.5, 0.6) is 0 Å². The van der Waals surface area contributed by atoms with Gasteiger partial charge >= 0.3 is 0 Å². The van der Waals surface area contributed by atoms with Crippen LogP contribution in [0.3, 0.4) is 0 Å². The zero-order valence-corrected chi connectivity index (χ0v) is 34.1. The van der Waals surface area contributed by atoms with E-state index in [0.29, 0.717) is 28.2 Å². The fourth-order valence-corrected chi connectivity index (χ4v) is 8.08. The number of aromatic nitrogens is 2. The molecule has 1 aromatic heterocycles. The molecule has 7 N–H and O–H groups in total. The lowest BCUT2D eigenvalue weighted by molar-refractivity contribution is 0.584. The molecule has 0 fully saturated rings. The van der Waals surface area contributed by atoms with Crippen molar-refractivity contribution in [1.82, 2.24) is 9.55 Å². The highest BCUT2D eigenvalue weighted by Crippen LogP contribution is 2.48. The second kappa shape index (κ2) is 19.6. The maximum Gasteiger partial charge on any atom is 0.125 e. The molecule has 0 radical (unpaired) electrons. The first-order chi connectivity index (χ1) is 28.2. The Labute approximate surface area is 342 Å². The number of halogens is 1. The molecule has 0 spiro atoms. The van der Waals surface area contributed by atoms with Gasteiger partial charge in [0, 0.05) is 48.5 Å². The Hall–Kier alpha value is -6.42. The number of hydrogen-bond donors (Lipinski definition) is 5. The number of nitrogens with zero attached hydrogens (tertiary/aromatic N) is 3. The van der Waals surface area contributed by atoms with Gasteiger partial charge in [0.25, 0.3) is 0 Å². The quantitative estimate of drug-likeness (QED) is 0.110. The number of benzene rings is 5. The van der Waals surface area contributed by atoms with E-state index in [4.69, 9.17) is 5.41 Å². The summed E-state index contributed by atoms with van der Waals surface area (Å²) >= 11 is 0. The summed E-state index contributed by atoms with van der Waals surface area (Å²) in [4.78, 5) is 6.94. The number of fused-ring (bicyclic) bond motifs is 2. The second-order valence-electron chi connectivity index (χ2n) is 13.8. The Bertz CT molecular complexity index is 2330. The largest absolute Gasteiger partial charge is 0.376 e. The van der Waals surface area contributed by atoms with E-state index in [2.05, 4.69) is 120 Å². The maximum absolute atomic E-state index is 14.1. The molecular formula is C49H55FN8. The van der Waals surface area contributed by atoms with Crippen molar-refractivity contribution >= 4 is 35.0 Å². The van der Waals surface area contributed by atoms with Crippen molar-refractivity contribution in [3.8, 4) is 0 Å². The lowest BCUT2D eigenvalue weighted by Gasteiger charge is -2.45. The third-order valence-corrected chi connectivity index (χ3v) is 10.6. The molecule has 5 aromatic carbocycles. The van der Waals surface area contributed by atoms with Crippen LogP contribution in [0.1, 0.15) is 81.2 Å². The molecule has 2 aliphatic rings. The van der Waals surface area contributed by atoms with Crippen LogP contribution in [0, 0.1) is 23.6 Å². The molecule has 58 heavy (non-hydrogen) atoms. The van der Waals surface area contributed by atoms with Gasteiger partial charge in [0.2, 0.25) is 0 Å². The minimum absolute atomic E-state index is 0.0301. The Balaban J connectivity index is 0.000000204. The third kappa shape index (κ3) is 8.46. The van der Waals surface area contributed by atoms with Crippen molar-refractivity contribution in [2.45, 2.75) is 37.8 Å². The molecule has 0 amide bonds. The highest BCUT2D eigenvalue weighted by atomic mass is 19.1. The maximum atomic E-state index is 14.1. The summed E-state index contributed by atoms with van der Waals surface area (Å²) in [5, 5.41) is 21.6. The first-order valence-corrected chi connectivity index (χ1v) is 19.5. The number of hydrogen-bond acceptors (Lipinski definition) is 7. The lowest BCUT2D eigenvalue weighted by Crippen LogP contribution is -2.41. The number of imidazole rings is 1. The molecule has 2 aliphatic heterocycles. The van der Waals surface area contributed by atoms with E-state index in [0.717, 1.165) is 34.7 Å². The van der Waals surface area contributed by atoms with Gasteiger partial charge in [0.05, 0.1) is 35.3 Å². The monoisotopic (exact) mass is 774 g/mol. The topological polar surface area (TPSA) is 133 Å². The molecule has 9 heteroatoms. The molecule has 8 nitrogen and oxygen atoms in total. The van der Waals surface area contributed by atoms with Crippen LogP contribution in [0.2, 0.25) is 0 Å². The molecule has 0 saturated heterocycles. The van der Waals surface area contributed by atoms with Crippen molar-refractivity contribution in [3.05, 3.63) is 197 Å². The summed E-state index contributed by atoms with van der Waals surface area (Å²) in [5.41, 5.74) is 19.9. The standard InChI is InChI=1S/C26H26N2.C21H19FN4.2CH5N/c1-4-19-12-9-13-22-23(19)25(27)24(20-10-7-6-8-11-20)26(28(22)5-2)21-16-14-18(3)15-17-21;1-3-13-11-15(22)12-16-17(13)19(23)18(21-24-9-10-26(21)2)20(25-16)14-7-5-4-6-8-14;2*1-2/h4,6-17,24,26-27H,1,5H2,2-3H3;3-12,18,20,23,25H,1H2,2H3;2*2H2,1H3. The van der Waals surface area contributed by atoms with Crippen molar-refractivity contribution in [2.24, 2.45) is 18.5 Å². The van der Waals surface area contributed by atoms with Gasteiger partial charge in [-0.25, -0.2) is 9.37 Å². The van der Waals surface area contributed by atoms with E-state index in [1.807, 2.05) is 60.3 Å². The zero-order valence-electron chi connectivity index (χ0n) is 34.1. The van der Waals surface area contributed by atoms with E-state index in [1.165, 1.54) is 42.9 Å². The Morgan fingerprint density at radius 1 is 0.741 bits per heavy atom. The molecule has 8 rings (SSSR count). The number of nitrogens with two attached hydrogens (primary N) is 2. The Kier molecular flexibility index (Phi) is 14.5. The summed E-state index contributed by atoms with van der Waals surface area (Å²) in [5.74, 6) is 0.120. The normalized spacial score (nSPS) is 17.7. The lowest BCUT2D eigenvalue weighted by atomic mass is 9.75. The van der Waals surface area contributed by atoms with Crippen LogP contribution < -0.4 is 21.7 Å². The predicted molar refractivity (Wildman–Crippen MR) is 242 cm³/mol. The molecular weight excluding hydrogens is 720 g/mol. The fourth-order valence-electron chi connectivity index (χ4n) is 8.08. The van der Waals surface area contributed by atoms with Gasteiger partial charge in [0.1, 0.15) is 11.6 Å². The fraction of sp³-hybridized carbons (Fsp3) is 0.204. The summed E-state index contributed by atoms with van der Waals surface area (Å²) < 4.78 is 16.0. The molecule has 4 atom stereocenters. The predicted octanol–water partition coefficient (Wildman–Crippen LogP) is 10.0. The van der Waals surface area contributed by atoms with E-state index < -0.39 is 0 Å². The van der Waals surface area contributed by atoms with Crippen LogP contribution >= 0.6 is 0 Å². The molecule has 0 aliphatic carbocycles. The number of anilines is 2. The zero-order chi connectivity index (χ0) is 41.9. The third-order valence-electron chi connectivity index (χ3n) is 10.6. The minimum atomic E-state index is -0.346. The highest BCUT2D eigenvalue weighted by molar-refractivity contribution is 6.13. The van der Waals surface area contributed by atoms with E-state index >= 15 is 0 Å². The molecule has 6 aromatic rings. The van der Waals surface area contributed by atoms with E-state index in [-0.39, 0.29) is 29.7 Å². The average Bonchev–Trinajstić information content (AvgIpc) is 3.70. The summed E-state index contributed by atoms with van der Waals surface area (Å²) in [7, 11) is 4.92. The van der Waals surface area contributed by atoms with Crippen LogP contribution in [0.4, 0.5) is 15.8 Å². The van der Waals surface area contributed by atoms with Crippen LogP contribution in [-0.2, 0) is 7.05 Å². The number of nitrogens with one attached hydrogen (secondary N) is 3. The average molecular weight is 775 g/mol. The molecule has 0 saturated carbocycles. The van der Waals surface area contributed by atoms with Crippen molar-refractivity contribution in [2.75, 3.05) is 30.9 Å². The van der Waals surface area contributed by atoms with Gasteiger partial charge < -0.3 is 37.1 Å². The van der Waals surface area contributed by atoms with Gasteiger partial charge in [0.15, 0.2) is 0 Å². The molecule has 0 bridgehead atoms. The summed E-state index contributed by atoms with van der Waals surface area (Å²) in [6, 6.07) is 38.2. The summed E-state index contributed by atoms with van der Waals surface area (Å²) in [6.07, 6.45) is 7.07. The Morgan fingerprint density at radius 2 is 1.34 bits per heavy atom. The smallest absolute Gasteiger partial charge is 0.125 e. The molecule has 298 valence electrons. The number of rotatable bonds is 7. The van der Waals surface area contributed by atoms with Crippen LogP contribution in [0.25, 0.3) is 12.2 Å². The Morgan fingerprint density at radius 3 is 1.91 bits per heavy atom. The molecule has 3 heterocycles. The van der Waals surface area contributed by atoms with Gasteiger partial charge in [-0.3, -0.25) is 0 Å². The van der Waals surface area contributed by atoms with E-state index in [1.54, 1.807) is 12.3 Å². The van der Waals surface area contributed by atoms with E-state index in [9.17, 15) is 9.80 Å². The molecule has 4 unspecified atom stereocenters. The van der Waals surface area contributed by atoms with Gasteiger partial charge in [-0.2, -0.15) is 0 Å². The number of aryl methyl sites for hydroxylation is 2. The van der Waals surface area contributed by atoms with Crippen LogP contribution in [0.15, 0.2) is 141 Å². The van der Waals surface area contributed by atoms with Gasteiger partial charge in [-0.1, -0.05) is 128 Å². The first-order valence-electron chi connectivity index (χ1n) is 19.5. The van der Waals surface area contributed by atoms with Crippen molar-refractivity contribution in [1.29, 1.82) is 10.8 Å². The van der Waals surface area contributed by atoms with Crippen molar-refractivity contribution in [3.63, 3.8) is 0 Å². The van der Waals surface area contributed by atoms with Crippen molar-refractivity contribution < 1.29 is 4.39 Å². The first kappa shape index (κ1) is 42.7. The number of likely N-dealkylation sites (N-methyl/N-ethyl adjacent to an activating group) is 1. The van der Waals surface area contributed by atoms with Crippen LogP contribution in [-0.4, -0.2) is 41.6 Å². The highest BCUT2D eigenvalue weighted by Gasteiger charge is 2.41. The summed E-state index contributed by atoms with van der Waals surface area (Å²) in [6.45, 7) is 13.0. The van der Waals surface area contributed by atoms with Gasteiger partial charge in [-0.05, 0) is 74.0 Å². The SMILES string of the molecule is C=Cc1cc(F)cc2c1C(=N)C(c1nccn1C)C(c1ccccc1)N2.C=Cc1cccc2c1C(=N)C(c1ccccc1)C(c1ccc(C)cc1)N2CC.CN.CN.